The number of hydrogen-bond donors (Lipinski definition) is 1. The third-order valence-electron chi connectivity index (χ3n) is 2.52. The molecule has 106 valence electrons. The molecule has 0 fully saturated rings. The van der Waals surface area contributed by atoms with Gasteiger partial charge in [0, 0.05) is 18.9 Å². The third-order valence-corrected chi connectivity index (χ3v) is 2.52. The fourth-order valence-corrected chi connectivity index (χ4v) is 1.63. The Morgan fingerprint density at radius 2 is 1.85 bits per heavy atom. The minimum absolute atomic E-state index is 0.339. The van der Waals surface area contributed by atoms with E-state index in [4.69, 9.17) is 0 Å². The van der Waals surface area contributed by atoms with E-state index in [-0.39, 0.29) is 11.7 Å². The Kier molecular flexibility index (Phi) is 3.69. The van der Waals surface area contributed by atoms with Gasteiger partial charge in [0.2, 0.25) is 0 Å². The normalized spacial score (nSPS) is 11.2. The predicted molar refractivity (Wildman–Crippen MR) is 66.5 cm³/mol. The number of amides is 1. The van der Waals surface area contributed by atoms with Crippen LogP contribution in [0, 0.1) is 0 Å². The van der Waals surface area contributed by atoms with E-state index in [9.17, 15) is 18.0 Å². The number of aromatic nitrogens is 1. The maximum atomic E-state index is 12.0. The second kappa shape index (κ2) is 5.28. The monoisotopic (exact) mass is 284 g/mol. The van der Waals surface area contributed by atoms with E-state index in [1.807, 2.05) is 0 Å². The zero-order chi connectivity index (χ0) is 14.8. The Labute approximate surface area is 112 Å². The van der Waals surface area contributed by atoms with E-state index >= 15 is 0 Å². The number of rotatable bonds is 3. The number of nitrogens with zero attached hydrogens (tertiary/aromatic N) is 1. The van der Waals surface area contributed by atoms with Crippen LogP contribution in [-0.2, 0) is 7.05 Å². The van der Waals surface area contributed by atoms with Gasteiger partial charge in [-0.2, -0.15) is 0 Å². The average molecular weight is 284 g/mol. The fourth-order valence-electron chi connectivity index (χ4n) is 1.63. The van der Waals surface area contributed by atoms with Gasteiger partial charge in [-0.05, 0) is 36.4 Å². The van der Waals surface area contributed by atoms with Crippen LogP contribution < -0.4 is 10.1 Å². The molecule has 0 aliphatic heterocycles. The third kappa shape index (κ3) is 3.53. The number of aryl methyl sites for hydroxylation is 1. The highest BCUT2D eigenvalue weighted by atomic mass is 19.4. The molecule has 0 radical (unpaired) electrons. The summed E-state index contributed by atoms with van der Waals surface area (Å²) >= 11 is 0. The Hall–Kier alpha value is -2.44. The molecule has 1 heterocycles. The predicted octanol–water partition coefficient (Wildman–Crippen LogP) is 3.18. The van der Waals surface area contributed by atoms with E-state index in [1.54, 1.807) is 29.9 Å². The summed E-state index contributed by atoms with van der Waals surface area (Å²) in [5.41, 5.74) is 0.825. The molecule has 0 aliphatic carbocycles. The van der Waals surface area contributed by atoms with Crippen LogP contribution >= 0.6 is 0 Å². The zero-order valence-electron chi connectivity index (χ0n) is 10.4. The van der Waals surface area contributed by atoms with Crippen molar-refractivity contribution in [3.05, 3.63) is 48.3 Å². The van der Waals surface area contributed by atoms with Crippen molar-refractivity contribution in [1.29, 1.82) is 0 Å². The minimum Gasteiger partial charge on any atom is -0.406 e. The number of alkyl halides is 3. The molecule has 7 heteroatoms. The summed E-state index contributed by atoms with van der Waals surface area (Å²) in [6, 6.07) is 8.29. The molecule has 0 saturated heterocycles. The van der Waals surface area contributed by atoms with Gasteiger partial charge in [-0.1, -0.05) is 0 Å². The number of hydrogen-bond acceptors (Lipinski definition) is 2. The molecular weight excluding hydrogens is 273 g/mol. The van der Waals surface area contributed by atoms with Gasteiger partial charge in [0.1, 0.15) is 11.4 Å². The highest BCUT2D eigenvalue weighted by molar-refractivity contribution is 6.03. The topological polar surface area (TPSA) is 43.3 Å². The number of carbonyl (C=O) groups is 1. The van der Waals surface area contributed by atoms with Crippen LogP contribution in [0.4, 0.5) is 18.9 Å². The first-order valence-corrected chi connectivity index (χ1v) is 5.64. The van der Waals surface area contributed by atoms with Crippen molar-refractivity contribution >= 4 is 11.6 Å². The molecule has 4 nitrogen and oxygen atoms in total. The maximum absolute atomic E-state index is 12.0. The van der Waals surface area contributed by atoms with E-state index < -0.39 is 6.36 Å². The van der Waals surface area contributed by atoms with Gasteiger partial charge in [0.05, 0.1) is 0 Å². The van der Waals surface area contributed by atoms with Crippen molar-refractivity contribution in [2.24, 2.45) is 7.05 Å². The standard InChI is InChI=1S/C13H11F3N2O2/c1-18-8-2-3-11(18)12(19)17-9-4-6-10(7-5-9)20-13(14,15)16/h2-8H,1H3,(H,17,19). The van der Waals surface area contributed by atoms with Gasteiger partial charge in [0.15, 0.2) is 0 Å². The lowest BCUT2D eigenvalue weighted by Gasteiger charge is -2.10. The van der Waals surface area contributed by atoms with E-state index in [2.05, 4.69) is 10.1 Å². The second-order valence-corrected chi connectivity index (χ2v) is 4.03. The quantitative estimate of drug-likeness (QED) is 0.940. The molecule has 2 rings (SSSR count). The number of ether oxygens (including phenoxy) is 1. The lowest BCUT2D eigenvalue weighted by molar-refractivity contribution is -0.274. The Morgan fingerprint density at radius 1 is 1.20 bits per heavy atom. The number of anilines is 1. The van der Waals surface area contributed by atoms with Gasteiger partial charge in [-0.3, -0.25) is 4.79 Å². The van der Waals surface area contributed by atoms with Crippen molar-refractivity contribution in [3.8, 4) is 5.75 Å². The fraction of sp³-hybridized carbons (Fsp3) is 0.154. The smallest absolute Gasteiger partial charge is 0.406 e. The summed E-state index contributed by atoms with van der Waals surface area (Å²) < 4.78 is 41.3. The number of nitrogens with one attached hydrogen (secondary N) is 1. The van der Waals surface area contributed by atoms with Crippen molar-refractivity contribution < 1.29 is 22.7 Å². The van der Waals surface area contributed by atoms with Crippen LogP contribution in [0.1, 0.15) is 10.5 Å². The minimum atomic E-state index is -4.73. The summed E-state index contributed by atoms with van der Waals surface area (Å²) in [6.07, 6.45) is -3.01. The van der Waals surface area contributed by atoms with Crippen LogP contribution in [0.2, 0.25) is 0 Å². The molecule has 0 aliphatic rings. The SMILES string of the molecule is Cn1cccc1C(=O)Nc1ccc(OC(F)(F)F)cc1. The molecule has 0 spiro atoms. The Balaban J connectivity index is 2.04. The summed E-state index contributed by atoms with van der Waals surface area (Å²) in [4.78, 5) is 11.9. The lowest BCUT2D eigenvalue weighted by atomic mass is 10.3. The van der Waals surface area contributed by atoms with Gasteiger partial charge < -0.3 is 14.6 Å². The number of benzene rings is 1. The first kappa shape index (κ1) is 14.0. The molecule has 0 atom stereocenters. The molecule has 1 aromatic heterocycles. The van der Waals surface area contributed by atoms with Crippen LogP contribution in [0.3, 0.4) is 0 Å². The maximum Gasteiger partial charge on any atom is 0.573 e. The van der Waals surface area contributed by atoms with Gasteiger partial charge >= 0.3 is 6.36 Å². The highest BCUT2D eigenvalue weighted by Crippen LogP contribution is 2.24. The molecule has 20 heavy (non-hydrogen) atoms. The molecule has 2 aromatic rings. The molecular formula is C13H11F3N2O2. The van der Waals surface area contributed by atoms with Crippen LogP contribution in [0.15, 0.2) is 42.6 Å². The van der Waals surface area contributed by atoms with Gasteiger partial charge in [0.25, 0.3) is 5.91 Å². The molecule has 0 unspecified atom stereocenters. The lowest BCUT2D eigenvalue weighted by Crippen LogP contribution is -2.17. The molecule has 1 aromatic carbocycles. The summed E-state index contributed by atoms with van der Waals surface area (Å²) in [6.45, 7) is 0. The highest BCUT2D eigenvalue weighted by Gasteiger charge is 2.30. The number of carbonyl (C=O) groups excluding carboxylic acids is 1. The Bertz CT molecular complexity index is 603. The molecule has 1 amide bonds. The molecule has 1 N–H and O–H groups in total. The summed E-state index contributed by atoms with van der Waals surface area (Å²) in [5, 5.41) is 2.58. The van der Waals surface area contributed by atoms with Crippen molar-refractivity contribution in [1.82, 2.24) is 4.57 Å². The first-order chi connectivity index (χ1) is 9.35. The van der Waals surface area contributed by atoms with Crippen molar-refractivity contribution in [2.75, 3.05) is 5.32 Å². The number of halogens is 3. The van der Waals surface area contributed by atoms with E-state index in [0.29, 0.717) is 11.4 Å². The van der Waals surface area contributed by atoms with Crippen molar-refractivity contribution in [3.63, 3.8) is 0 Å². The Morgan fingerprint density at radius 3 is 2.35 bits per heavy atom. The van der Waals surface area contributed by atoms with Crippen LogP contribution in [0.25, 0.3) is 0 Å². The van der Waals surface area contributed by atoms with Crippen molar-refractivity contribution in [2.45, 2.75) is 6.36 Å². The second-order valence-electron chi connectivity index (χ2n) is 4.03. The summed E-state index contributed by atoms with van der Waals surface area (Å²) in [5.74, 6) is -0.684. The first-order valence-electron chi connectivity index (χ1n) is 5.64. The van der Waals surface area contributed by atoms with Gasteiger partial charge in [-0.15, -0.1) is 13.2 Å². The van der Waals surface area contributed by atoms with E-state index in [1.165, 1.54) is 12.1 Å². The molecule has 0 bridgehead atoms. The zero-order valence-corrected chi connectivity index (χ0v) is 10.4. The van der Waals surface area contributed by atoms with Crippen LogP contribution in [-0.4, -0.2) is 16.8 Å². The average Bonchev–Trinajstić information content (AvgIpc) is 2.76. The van der Waals surface area contributed by atoms with Crippen LogP contribution in [0.5, 0.6) is 5.75 Å². The van der Waals surface area contributed by atoms with Gasteiger partial charge in [-0.25, -0.2) is 0 Å². The summed E-state index contributed by atoms with van der Waals surface area (Å²) in [7, 11) is 1.72. The largest absolute Gasteiger partial charge is 0.573 e. The van der Waals surface area contributed by atoms with E-state index in [0.717, 1.165) is 12.1 Å². The molecule has 0 saturated carbocycles.